The summed E-state index contributed by atoms with van der Waals surface area (Å²) in [5.74, 6) is 2.31. The first kappa shape index (κ1) is 15.7. The first-order valence-electron chi connectivity index (χ1n) is 6.93. The Balaban J connectivity index is 3.16. The molecule has 0 aliphatic rings. The van der Waals surface area contributed by atoms with Crippen molar-refractivity contribution in [2.45, 2.75) is 46.6 Å². The average molecular weight is 266 g/mol. The number of hydrogen-bond donors (Lipinski definition) is 1. The standard InChI is InChI=1S/C14H26N4O/c1-6-10(3)18(8-9-19-5)14-11(4)13(15)16-12(7-2)17-14/h10H,6-9H2,1-5H3,(H2,15,16,17). The number of anilines is 2. The van der Waals surface area contributed by atoms with E-state index in [-0.39, 0.29) is 0 Å². The van der Waals surface area contributed by atoms with Crippen LogP contribution in [0.1, 0.15) is 38.6 Å². The SMILES string of the molecule is CCc1nc(N)c(C)c(N(CCOC)C(C)CC)n1. The molecule has 19 heavy (non-hydrogen) atoms. The lowest BCUT2D eigenvalue weighted by atomic mass is 10.2. The van der Waals surface area contributed by atoms with Gasteiger partial charge in [-0.3, -0.25) is 0 Å². The van der Waals surface area contributed by atoms with Gasteiger partial charge in [0.2, 0.25) is 0 Å². The third-order valence-electron chi connectivity index (χ3n) is 3.45. The van der Waals surface area contributed by atoms with Gasteiger partial charge in [-0.25, -0.2) is 9.97 Å². The van der Waals surface area contributed by atoms with E-state index in [1.807, 2.05) is 13.8 Å². The van der Waals surface area contributed by atoms with Crippen molar-refractivity contribution in [1.82, 2.24) is 9.97 Å². The molecule has 2 N–H and O–H groups in total. The van der Waals surface area contributed by atoms with Crippen molar-refractivity contribution in [3.05, 3.63) is 11.4 Å². The molecule has 5 heteroatoms. The number of aromatic nitrogens is 2. The normalized spacial score (nSPS) is 12.5. The molecule has 0 fully saturated rings. The molecule has 0 radical (unpaired) electrons. The number of nitrogens with zero attached hydrogens (tertiary/aromatic N) is 3. The molecule has 1 aromatic rings. The summed E-state index contributed by atoms with van der Waals surface area (Å²) < 4.78 is 5.20. The van der Waals surface area contributed by atoms with Crippen LogP contribution in [-0.4, -0.2) is 36.3 Å². The molecule has 0 spiro atoms. The van der Waals surface area contributed by atoms with Crippen molar-refractivity contribution < 1.29 is 4.74 Å². The third kappa shape index (κ3) is 3.80. The monoisotopic (exact) mass is 266 g/mol. The highest BCUT2D eigenvalue weighted by molar-refractivity contribution is 5.57. The number of ether oxygens (including phenoxy) is 1. The van der Waals surface area contributed by atoms with Crippen LogP contribution in [0, 0.1) is 6.92 Å². The first-order valence-corrected chi connectivity index (χ1v) is 6.93. The van der Waals surface area contributed by atoms with Gasteiger partial charge in [-0.15, -0.1) is 0 Å². The first-order chi connectivity index (χ1) is 9.04. The van der Waals surface area contributed by atoms with Crippen molar-refractivity contribution in [3.63, 3.8) is 0 Å². The molecule has 0 aromatic carbocycles. The predicted octanol–water partition coefficient (Wildman–Crippen LogP) is 2.18. The smallest absolute Gasteiger partial charge is 0.137 e. The molecule has 1 atom stereocenters. The second-order valence-electron chi connectivity index (χ2n) is 4.77. The summed E-state index contributed by atoms with van der Waals surface area (Å²) in [5, 5.41) is 0. The van der Waals surface area contributed by atoms with E-state index >= 15 is 0 Å². The number of hydrogen-bond acceptors (Lipinski definition) is 5. The van der Waals surface area contributed by atoms with Crippen molar-refractivity contribution >= 4 is 11.6 Å². The molecule has 0 bridgehead atoms. The summed E-state index contributed by atoms with van der Waals surface area (Å²) in [6, 6.07) is 0.396. The van der Waals surface area contributed by atoms with Crippen LogP contribution in [0.4, 0.5) is 11.6 Å². The molecule has 1 aromatic heterocycles. The highest BCUT2D eigenvalue weighted by Crippen LogP contribution is 2.24. The van der Waals surface area contributed by atoms with Crippen LogP contribution in [-0.2, 0) is 11.2 Å². The fraction of sp³-hybridized carbons (Fsp3) is 0.714. The number of rotatable bonds is 7. The van der Waals surface area contributed by atoms with Crippen LogP contribution in [0.2, 0.25) is 0 Å². The average Bonchev–Trinajstić information content (AvgIpc) is 2.42. The van der Waals surface area contributed by atoms with Crippen LogP contribution in [0.25, 0.3) is 0 Å². The zero-order chi connectivity index (χ0) is 14.4. The van der Waals surface area contributed by atoms with Gasteiger partial charge in [0.15, 0.2) is 0 Å². The Morgan fingerprint density at radius 3 is 2.53 bits per heavy atom. The van der Waals surface area contributed by atoms with E-state index in [1.54, 1.807) is 7.11 Å². The van der Waals surface area contributed by atoms with E-state index in [1.165, 1.54) is 0 Å². The molecule has 1 unspecified atom stereocenters. The van der Waals surface area contributed by atoms with Gasteiger partial charge in [-0.1, -0.05) is 13.8 Å². The topological polar surface area (TPSA) is 64.3 Å². The molecule has 0 saturated heterocycles. The van der Waals surface area contributed by atoms with E-state index in [0.717, 1.165) is 36.6 Å². The van der Waals surface area contributed by atoms with Crippen LogP contribution in [0.3, 0.4) is 0 Å². The van der Waals surface area contributed by atoms with E-state index in [9.17, 15) is 0 Å². The van der Waals surface area contributed by atoms with Crippen molar-refractivity contribution in [2.75, 3.05) is 30.9 Å². The third-order valence-corrected chi connectivity index (χ3v) is 3.45. The van der Waals surface area contributed by atoms with E-state index in [2.05, 4.69) is 28.7 Å². The molecule has 5 nitrogen and oxygen atoms in total. The summed E-state index contributed by atoms with van der Waals surface area (Å²) in [4.78, 5) is 11.2. The molecule has 0 amide bonds. The number of aryl methyl sites for hydroxylation is 1. The lowest BCUT2D eigenvalue weighted by Crippen LogP contribution is -2.37. The largest absolute Gasteiger partial charge is 0.383 e. The van der Waals surface area contributed by atoms with Crippen LogP contribution in [0.5, 0.6) is 0 Å². The fourth-order valence-corrected chi connectivity index (χ4v) is 1.95. The van der Waals surface area contributed by atoms with Crippen molar-refractivity contribution in [1.29, 1.82) is 0 Å². The second-order valence-corrected chi connectivity index (χ2v) is 4.77. The second kappa shape index (κ2) is 7.28. The maximum absolute atomic E-state index is 6.00. The minimum atomic E-state index is 0.396. The summed E-state index contributed by atoms with van der Waals surface area (Å²) in [6.07, 6.45) is 1.84. The lowest BCUT2D eigenvalue weighted by molar-refractivity contribution is 0.203. The Morgan fingerprint density at radius 1 is 1.32 bits per heavy atom. The summed E-state index contributed by atoms with van der Waals surface area (Å²) in [5.41, 5.74) is 6.95. The highest BCUT2D eigenvalue weighted by Gasteiger charge is 2.19. The van der Waals surface area contributed by atoms with Gasteiger partial charge in [0.25, 0.3) is 0 Å². The van der Waals surface area contributed by atoms with Crippen LogP contribution < -0.4 is 10.6 Å². The van der Waals surface area contributed by atoms with E-state index in [0.29, 0.717) is 18.5 Å². The summed E-state index contributed by atoms with van der Waals surface area (Å²) in [6.45, 7) is 9.87. The minimum Gasteiger partial charge on any atom is -0.383 e. The fourth-order valence-electron chi connectivity index (χ4n) is 1.95. The lowest BCUT2D eigenvalue weighted by Gasteiger charge is -2.31. The minimum absolute atomic E-state index is 0.396. The Morgan fingerprint density at radius 2 is 2.00 bits per heavy atom. The number of nitrogens with two attached hydrogens (primary N) is 1. The molecule has 108 valence electrons. The Kier molecular flexibility index (Phi) is 6.02. The highest BCUT2D eigenvalue weighted by atomic mass is 16.5. The van der Waals surface area contributed by atoms with Gasteiger partial charge in [-0.2, -0.15) is 0 Å². The summed E-state index contributed by atoms with van der Waals surface area (Å²) in [7, 11) is 1.72. The quantitative estimate of drug-likeness (QED) is 0.819. The molecular formula is C14H26N4O. The summed E-state index contributed by atoms with van der Waals surface area (Å²) >= 11 is 0. The molecule has 1 heterocycles. The number of nitrogen functional groups attached to an aromatic ring is 1. The van der Waals surface area contributed by atoms with Crippen LogP contribution >= 0.6 is 0 Å². The van der Waals surface area contributed by atoms with Crippen molar-refractivity contribution in [3.8, 4) is 0 Å². The molecule has 0 saturated carbocycles. The van der Waals surface area contributed by atoms with Gasteiger partial charge in [-0.05, 0) is 20.3 Å². The predicted molar refractivity (Wildman–Crippen MR) is 79.5 cm³/mol. The van der Waals surface area contributed by atoms with Crippen molar-refractivity contribution in [2.24, 2.45) is 0 Å². The van der Waals surface area contributed by atoms with Gasteiger partial charge in [0, 0.05) is 31.7 Å². The van der Waals surface area contributed by atoms with Crippen LogP contribution in [0.15, 0.2) is 0 Å². The van der Waals surface area contributed by atoms with Gasteiger partial charge < -0.3 is 15.4 Å². The molecule has 0 aliphatic heterocycles. The maximum atomic E-state index is 6.00. The number of methoxy groups -OCH3 is 1. The van der Waals surface area contributed by atoms with Gasteiger partial charge in [0.05, 0.1) is 6.61 Å². The molecule has 1 rings (SSSR count). The van der Waals surface area contributed by atoms with Gasteiger partial charge in [0.1, 0.15) is 17.5 Å². The molecule has 0 aliphatic carbocycles. The zero-order valence-electron chi connectivity index (χ0n) is 12.7. The van der Waals surface area contributed by atoms with Gasteiger partial charge >= 0.3 is 0 Å². The zero-order valence-corrected chi connectivity index (χ0v) is 12.7. The maximum Gasteiger partial charge on any atom is 0.137 e. The Labute approximate surface area is 116 Å². The Bertz CT molecular complexity index is 409. The molecular weight excluding hydrogens is 240 g/mol. The Hall–Kier alpha value is -1.36. The van der Waals surface area contributed by atoms with E-state index in [4.69, 9.17) is 10.5 Å². The van der Waals surface area contributed by atoms with E-state index < -0.39 is 0 Å².